The van der Waals surface area contributed by atoms with E-state index in [-0.39, 0.29) is 11.2 Å². The molecule has 1 amide bonds. The fourth-order valence-corrected chi connectivity index (χ4v) is 2.28. The van der Waals surface area contributed by atoms with Crippen LogP contribution >= 0.6 is 11.6 Å². The molecule has 1 aromatic heterocycles. The second kappa shape index (κ2) is 5.66. The Morgan fingerprint density at radius 2 is 1.86 bits per heavy atom. The molecular weight excluding hydrogens is 302 g/mol. The van der Waals surface area contributed by atoms with Crippen molar-refractivity contribution < 1.29 is 9.21 Å². The van der Waals surface area contributed by atoms with Gasteiger partial charge in [0.25, 0.3) is 5.91 Å². The maximum atomic E-state index is 12.2. The van der Waals surface area contributed by atoms with Crippen LogP contribution in [0.1, 0.15) is 16.1 Å². The summed E-state index contributed by atoms with van der Waals surface area (Å²) in [5.74, 6) is -0.508. The van der Waals surface area contributed by atoms with Crippen molar-refractivity contribution in [3.05, 3.63) is 75.1 Å². The number of carbonyl (C=O) groups excluding carboxylic acids is 1. The third kappa shape index (κ3) is 2.73. The molecule has 0 aliphatic heterocycles. The summed E-state index contributed by atoms with van der Waals surface area (Å²) < 4.78 is 5.59. The molecule has 3 rings (SSSR count). The zero-order valence-corrected chi connectivity index (χ0v) is 12.5. The minimum Gasteiger partial charge on any atom is -0.450 e. The van der Waals surface area contributed by atoms with Crippen molar-refractivity contribution in [2.75, 3.05) is 5.32 Å². The zero-order chi connectivity index (χ0) is 15.7. The Morgan fingerprint density at radius 3 is 2.59 bits per heavy atom. The van der Waals surface area contributed by atoms with Gasteiger partial charge in [-0.2, -0.15) is 0 Å². The van der Waals surface area contributed by atoms with E-state index in [1.165, 1.54) is 6.07 Å². The lowest BCUT2D eigenvalue weighted by molar-refractivity contribution is 0.0997. The molecule has 2 aromatic carbocycles. The van der Waals surface area contributed by atoms with Gasteiger partial charge in [-0.1, -0.05) is 23.7 Å². The maximum absolute atomic E-state index is 12.2. The minimum absolute atomic E-state index is 0.0262. The standard InChI is InChI=1S/C17H12ClNO3/c1-10-3-2-4-13-14(20)9-15(22-16(10)13)17(21)19-12-7-5-11(18)6-8-12/h2-9H,1H3,(H,19,21). The number of amides is 1. The number of hydrogen-bond donors (Lipinski definition) is 1. The first-order valence-electron chi connectivity index (χ1n) is 6.65. The van der Waals surface area contributed by atoms with Gasteiger partial charge >= 0.3 is 0 Å². The van der Waals surface area contributed by atoms with E-state index >= 15 is 0 Å². The molecule has 0 saturated carbocycles. The van der Waals surface area contributed by atoms with Crippen LogP contribution < -0.4 is 10.7 Å². The molecule has 0 radical (unpaired) electrons. The molecule has 0 bridgehead atoms. The normalized spacial score (nSPS) is 10.6. The van der Waals surface area contributed by atoms with Gasteiger partial charge in [0.05, 0.1) is 5.39 Å². The van der Waals surface area contributed by atoms with Crippen molar-refractivity contribution in [1.29, 1.82) is 0 Å². The lowest BCUT2D eigenvalue weighted by atomic mass is 10.1. The van der Waals surface area contributed by atoms with Crippen LogP contribution in [0.15, 0.2) is 57.7 Å². The Hall–Kier alpha value is -2.59. The number of halogens is 1. The minimum atomic E-state index is -0.482. The average Bonchev–Trinajstić information content (AvgIpc) is 2.50. The molecule has 0 spiro atoms. The Bertz CT molecular complexity index is 913. The van der Waals surface area contributed by atoms with Crippen molar-refractivity contribution in [2.24, 2.45) is 0 Å². The van der Waals surface area contributed by atoms with Gasteiger partial charge in [0, 0.05) is 16.8 Å². The summed E-state index contributed by atoms with van der Waals surface area (Å²) in [5, 5.41) is 3.70. The number of aryl methyl sites for hydroxylation is 1. The van der Waals surface area contributed by atoms with Crippen LogP contribution in [0.2, 0.25) is 5.02 Å². The maximum Gasteiger partial charge on any atom is 0.291 e. The molecule has 5 heteroatoms. The summed E-state index contributed by atoms with van der Waals surface area (Å²) >= 11 is 5.80. The van der Waals surface area contributed by atoms with E-state index in [9.17, 15) is 9.59 Å². The zero-order valence-electron chi connectivity index (χ0n) is 11.7. The Morgan fingerprint density at radius 1 is 1.14 bits per heavy atom. The summed E-state index contributed by atoms with van der Waals surface area (Å²) in [6.45, 7) is 1.83. The molecule has 110 valence electrons. The first kappa shape index (κ1) is 14.4. The number of carbonyl (C=O) groups is 1. The number of para-hydroxylation sites is 1. The van der Waals surface area contributed by atoms with Gasteiger partial charge in [-0.15, -0.1) is 0 Å². The molecular formula is C17H12ClNO3. The van der Waals surface area contributed by atoms with Crippen LogP contribution in [0.4, 0.5) is 5.69 Å². The Labute approximate surface area is 131 Å². The molecule has 0 fully saturated rings. The summed E-state index contributed by atoms with van der Waals surface area (Å²) in [6, 6.07) is 13.2. The fourth-order valence-electron chi connectivity index (χ4n) is 2.16. The van der Waals surface area contributed by atoms with Crippen LogP contribution in [-0.2, 0) is 0 Å². The van der Waals surface area contributed by atoms with Crippen LogP contribution in [0.25, 0.3) is 11.0 Å². The number of fused-ring (bicyclic) bond motifs is 1. The van der Waals surface area contributed by atoms with Crippen LogP contribution in [0, 0.1) is 6.92 Å². The predicted octanol–water partition coefficient (Wildman–Crippen LogP) is 4.01. The van der Waals surface area contributed by atoms with E-state index in [1.807, 2.05) is 13.0 Å². The highest BCUT2D eigenvalue weighted by molar-refractivity contribution is 6.30. The van der Waals surface area contributed by atoms with Crippen molar-refractivity contribution in [1.82, 2.24) is 0 Å². The number of anilines is 1. The van der Waals surface area contributed by atoms with Crippen LogP contribution in [0.3, 0.4) is 0 Å². The summed E-state index contributed by atoms with van der Waals surface area (Å²) in [4.78, 5) is 24.3. The molecule has 22 heavy (non-hydrogen) atoms. The van der Waals surface area contributed by atoms with E-state index in [0.29, 0.717) is 21.7 Å². The number of hydrogen-bond acceptors (Lipinski definition) is 3. The molecule has 0 saturated heterocycles. The van der Waals surface area contributed by atoms with Gasteiger partial charge in [0.2, 0.25) is 0 Å². The molecule has 0 unspecified atom stereocenters. The highest BCUT2D eigenvalue weighted by atomic mass is 35.5. The topological polar surface area (TPSA) is 59.3 Å². The molecule has 0 atom stereocenters. The number of nitrogens with one attached hydrogen (secondary N) is 1. The lowest BCUT2D eigenvalue weighted by Gasteiger charge is -2.06. The monoisotopic (exact) mass is 313 g/mol. The predicted molar refractivity (Wildman–Crippen MR) is 86.6 cm³/mol. The van der Waals surface area contributed by atoms with Gasteiger partial charge < -0.3 is 9.73 Å². The second-order valence-electron chi connectivity index (χ2n) is 4.89. The van der Waals surface area contributed by atoms with Crippen molar-refractivity contribution in [3.8, 4) is 0 Å². The Balaban J connectivity index is 1.99. The second-order valence-corrected chi connectivity index (χ2v) is 5.32. The third-order valence-electron chi connectivity index (χ3n) is 3.28. The van der Waals surface area contributed by atoms with Gasteiger partial charge in [-0.3, -0.25) is 9.59 Å². The van der Waals surface area contributed by atoms with E-state index in [0.717, 1.165) is 5.56 Å². The van der Waals surface area contributed by atoms with Crippen molar-refractivity contribution in [3.63, 3.8) is 0 Å². The van der Waals surface area contributed by atoms with Gasteiger partial charge in [-0.25, -0.2) is 0 Å². The van der Waals surface area contributed by atoms with Crippen molar-refractivity contribution >= 4 is 34.2 Å². The molecule has 1 N–H and O–H groups in total. The quantitative estimate of drug-likeness (QED) is 0.777. The van der Waals surface area contributed by atoms with Gasteiger partial charge in [0.15, 0.2) is 11.2 Å². The first-order valence-corrected chi connectivity index (χ1v) is 7.03. The van der Waals surface area contributed by atoms with Crippen molar-refractivity contribution in [2.45, 2.75) is 6.92 Å². The molecule has 0 aliphatic carbocycles. The molecule has 4 nitrogen and oxygen atoms in total. The average molecular weight is 314 g/mol. The third-order valence-corrected chi connectivity index (χ3v) is 3.53. The lowest BCUT2D eigenvalue weighted by Crippen LogP contribution is -2.15. The molecule has 3 aromatic rings. The van der Waals surface area contributed by atoms with Gasteiger partial charge in [0.1, 0.15) is 5.58 Å². The van der Waals surface area contributed by atoms with Crippen LogP contribution in [-0.4, -0.2) is 5.91 Å². The number of benzene rings is 2. The largest absolute Gasteiger partial charge is 0.450 e. The highest BCUT2D eigenvalue weighted by Crippen LogP contribution is 2.18. The van der Waals surface area contributed by atoms with E-state index in [4.69, 9.17) is 16.0 Å². The summed E-state index contributed by atoms with van der Waals surface area (Å²) in [7, 11) is 0. The molecule has 1 heterocycles. The SMILES string of the molecule is Cc1cccc2c(=O)cc(C(=O)Nc3ccc(Cl)cc3)oc12. The Kier molecular flexibility index (Phi) is 3.69. The van der Waals surface area contributed by atoms with Crippen LogP contribution in [0.5, 0.6) is 0 Å². The van der Waals surface area contributed by atoms with E-state index in [2.05, 4.69) is 5.32 Å². The van der Waals surface area contributed by atoms with E-state index < -0.39 is 5.91 Å². The molecule has 0 aliphatic rings. The van der Waals surface area contributed by atoms with Gasteiger partial charge in [-0.05, 0) is 42.8 Å². The fraction of sp³-hybridized carbons (Fsp3) is 0.0588. The van der Waals surface area contributed by atoms with E-state index in [1.54, 1.807) is 36.4 Å². The highest BCUT2D eigenvalue weighted by Gasteiger charge is 2.13. The summed E-state index contributed by atoms with van der Waals surface area (Å²) in [5.41, 5.74) is 1.56. The summed E-state index contributed by atoms with van der Waals surface area (Å²) in [6.07, 6.45) is 0. The number of rotatable bonds is 2. The smallest absolute Gasteiger partial charge is 0.291 e. The first-order chi connectivity index (χ1) is 10.5.